The molecular formula is C14H22ClN3O2S. The fourth-order valence-electron chi connectivity index (χ4n) is 3.02. The van der Waals surface area contributed by atoms with Crippen LogP contribution in [0.5, 0.6) is 0 Å². The van der Waals surface area contributed by atoms with Crippen LogP contribution in [-0.4, -0.2) is 62.9 Å². The predicted molar refractivity (Wildman–Crippen MR) is 85.3 cm³/mol. The van der Waals surface area contributed by atoms with E-state index in [1.54, 1.807) is 28.6 Å². The van der Waals surface area contributed by atoms with E-state index in [0.717, 1.165) is 32.6 Å². The number of benzene rings is 1. The highest BCUT2D eigenvalue weighted by atomic mass is 35.5. The van der Waals surface area contributed by atoms with Gasteiger partial charge in [0, 0.05) is 45.3 Å². The highest BCUT2D eigenvalue weighted by Gasteiger charge is 2.35. The van der Waals surface area contributed by atoms with Gasteiger partial charge in [0.2, 0.25) is 10.0 Å². The molecule has 1 unspecified atom stereocenters. The Balaban J connectivity index is 0.00000161. The van der Waals surface area contributed by atoms with E-state index in [9.17, 15) is 8.42 Å². The summed E-state index contributed by atoms with van der Waals surface area (Å²) in [7, 11) is -3.32. The average Bonchev–Trinajstić information content (AvgIpc) is 3.00. The minimum atomic E-state index is -3.32. The molecule has 7 heteroatoms. The van der Waals surface area contributed by atoms with Crippen molar-refractivity contribution in [2.45, 2.75) is 17.4 Å². The van der Waals surface area contributed by atoms with Crippen molar-refractivity contribution in [1.82, 2.24) is 14.5 Å². The smallest absolute Gasteiger partial charge is 0.243 e. The molecule has 1 aromatic rings. The zero-order valence-electron chi connectivity index (χ0n) is 11.9. The molecule has 2 fully saturated rings. The monoisotopic (exact) mass is 331 g/mol. The zero-order chi connectivity index (χ0) is 14.0. The van der Waals surface area contributed by atoms with Gasteiger partial charge >= 0.3 is 0 Å². The van der Waals surface area contributed by atoms with Crippen LogP contribution in [0.25, 0.3) is 0 Å². The third-order valence-corrected chi connectivity index (χ3v) is 6.05. The van der Waals surface area contributed by atoms with E-state index in [-0.39, 0.29) is 12.4 Å². The second-order valence-electron chi connectivity index (χ2n) is 5.40. The van der Waals surface area contributed by atoms with Gasteiger partial charge in [0.15, 0.2) is 0 Å². The van der Waals surface area contributed by atoms with Gasteiger partial charge in [-0.15, -0.1) is 12.4 Å². The van der Waals surface area contributed by atoms with Crippen LogP contribution in [0.2, 0.25) is 0 Å². The molecule has 0 radical (unpaired) electrons. The third kappa shape index (κ3) is 3.57. The van der Waals surface area contributed by atoms with Crippen LogP contribution < -0.4 is 5.32 Å². The Morgan fingerprint density at radius 2 is 1.71 bits per heavy atom. The second kappa shape index (κ2) is 7.07. The summed E-state index contributed by atoms with van der Waals surface area (Å²) in [6, 6.07) is 9.11. The molecule has 21 heavy (non-hydrogen) atoms. The van der Waals surface area contributed by atoms with Gasteiger partial charge in [-0.05, 0) is 18.6 Å². The van der Waals surface area contributed by atoms with Gasteiger partial charge in [0.05, 0.1) is 4.90 Å². The Hall–Kier alpha value is -0.660. The summed E-state index contributed by atoms with van der Waals surface area (Å²) < 4.78 is 26.7. The standard InChI is InChI=1S/C14H21N3O2S.ClH/c18-20(19,14-4-2-1-3-5-14)17-9-6-13(12-17)16-10-7-15-8-11-16;/h1-5,13,15H,6-12H2;1H. The van der Waals surface area contributed by atoms with Crippen LogP contribution >= 0.6 is 12.4 Å². The van der Waals surface area contributed by atoms with Gasteiger partial charge in [-0.1, -0.05) is 18.2 Å². The Kier molecular flexibility index (Phi) is 5.62. The summed E-state index contributed by atoms with van der Waals surface area (Å²) in [4.78, 5) is 2.82. The van der Waals surface area contributed by atoms with Crippen molar-refractivity contribution in [3.63, 3.8) is 0 Å². The lowest BCUT2D eigenvalue weighted by Crippen LogP contribution is -2.49. The SMILES string of the molecule is Cl.O=S(=O)(c1ccccc1)N1CCC(N2CCNCC2)C1. The van der Waals surface area contributed by atoms with E-state index >= 15 is 0 Å². The predicted octanol–water partition coefficient (Wildman–Crippen LogP) is 0.777. The molecule has 0 aliphatic carbocycles. The van der Waals surface area contributed by atoms with Gasteiger partial charge in [0.25, 0.3) is 0 Å². The first-order valence-electron chi connectivity index (χ1n) is 7.18. The number of nitrogens with zero attached hydrogens (tertiary/aromatic N) is 2. The van der Waals surface area contributed by atoms with E-state index in [1.807, 2.05) is 6.07 Å². The maximum absolute atomic E-state index is 12.6. The lowest BCUT2D eigenvalue weighted by atomic mass is 10.2. The molecule has 118 valence electrons. The number of sulfonamides is 1. The van der Waals surface area contributed by atoms with Crippen molar-refractivity contribution >= 4 is 22.4 Å². The molecule has 0 saturated carbocycles. The van der Waals surface area contributed by atoms with E-state index < -0.39 is 10.0 Å². The van der Waals surface area contributed by atoms with Crippen LogP contribution in [0.1, 0.15) is 6.42 Å². The maximum Gasteiger partial charge on any atom is 0.243 e. The lowest BCUT2D eigenvalue weighted by molar-refractivity contribution is 0.179. The molecule has 0 amide bonds. The first kappa shape index (κ1) is 16.7. The van der Waals surface area contributed by atoms with Gasteiger partial charge in [-0.25, -0.2) is 8.42 Å². The summed E-state index contributed by atoms with van der Waals surface area (Å²) in [6.07, 6.45) is 0.937. The maximum atomic E-state index is 12.6. The minimum absolute atomic E-state index is 0. The van der Waals surface area contributed by atoms with Crippen LogP contribution in [0.4, 0.5) is 0 Å². The minimum Gasteiger partial charge on any atom is -0.314 e. The largest absolute Gasteiger partial charge is 0.314 e. The summed E-state index contributed by atoms with van der Waals surface area (Å²) >= 11 is 0. The highest BCUT2D eigenvalue weighted by Crippen LogP contribution is 2.23. The van der Waals surface area contributed by atoms with Crippen LogP contribution in [0.15, 0.2) is 35.2 Å². The number of hydrogen-bond acceptors (Lipinski definition) is 4. The molecule has 0 bridgehead atoms. The Morgan fingerprint density at radius 1 is 1.05 bits per heavy atom. The quantitative estimate of drug-likeness (QED) is 0.889. The van der Waals surface area contributed by atoms with Gasteiger partial charge < -0.3 is 5.32 Å². The summed E-state index contributed by atoms with van der Waals surface area (Å²) in [5, 5.41) is 3.33. The van der Waals surface area contributed by atoms with Crippen LogP contribution in [-0.2, 0) is 10.0 Å². The first-order valence-corrected chi connectivity index (χ1v) is 8.62. The first-order chi connectivity index (χ1) is 9.68. The van der Waals surface area contributed by atoms with Crippen molar-refractivity contribution in [2.24, 2.45) is 0 Å². The van der Waals surface area contributed by atoms with E-state index in [4.69, 9.17) is 0 Å². The molecule has 2 aliphatic heterocycles. The summed E-state index contributed by atoms with van der Waals surface area (Å²) in [5.74, 6) is 0. The fourth-order valence-corrected chi connectivity index (χ4v) is 4.53. The molecule has 2 aliphatic rings. The number of hydrogen-bond donors (Lipinski definition) is 1. The zero-order valence-corrected chi connectivity index (χ0v) is 13.6. The molecule has 5 nitrogen and oxygen atoms in total. The Morgan fingerprint density at radius 3 is 2.38 bits per heavy atom. The molecule has 1 N–H and O–H groups in total. The van der Waals surface area contributed by atoms with Gasteiger partial charge in [-0.2, -0.15) is 4.31 Å². The number of nitrogens with one attached hydrogen (secondary N) is 1. The normalized spacial score (nSPS) is 24.7. The molecule has 2 saturated heterocycles. The van der Waals surface area contributed by atoms with Crippen molar-refractivity contribution in [1.29, 1.82) is 0 Å². The molecule has 2 heterocycles. The van der Waals surface area contributed by atoms with E-state index in [0.29, 0.717) is 24.0 Å². The third-order valence-electron chi connectivity index (χ3n) is 4.18. The average molecular weight is 332 g/mol. The molecular weight excluding hydrogens is 310 g/mol. The summed E-state index contributed by atoms with van der Waals surface area (Å²) in [6.45, 7) is 5.29. The van der Waals surface area contributed by atoms with Crippen molar-refractivity contribution in [2.75, 3.05) is 39.3 Å². The molecule has 1 aromatic carbocycles. The van der Waals surface area contributed by atoms with E-state index in [2.05, 4.69) is 10.2 Å². The topological polar surface area (TPSA) is 52.7 Å². The Bertz CT molecular complexity index is 547. The second-order valence-corrected chi connectivity index (χ2v) is 7.34. The molecule has 3 rings (SSSR count). The van der Waals surface area contributed by atoms with Gasteiger partial charge in [-0.3, -0.25) is 4.90 Å². The molecule has 1 atom stereocenters. The lowest BCUT2D eigenvalue weighted by Gasteiger charge is -2.32. The number of rotatable bonds is 3. The highest BCUT2D eigenvalue weighted by molar-refractivity contribution is 7.89. The van der Waals surface area contributed by atoms with Crippen molar-refractivity contribution in [3.8, 4) is 0 Å². The van der Waals surface area contributed by atoms with Crippen molar-refractivity contribution < 1.29 is 8.42 Å². The molecule has 0 aromatic heterocycles. The molecule has 0 spiro atoms. The van der Waals surface area contributed by atoms with Gasteiger partial charge in [0.1, 0.15) is 0 Å². The van der Waals surface area contributed by atoms with Crippen molar-refractivity contribution in [3.05, 3.63) is 30.3 Å². The van der Waals surface area contributed by atoms with Crippen LogP contribution in [0.3, 0.4) is 0 Å². The Labute approximate surface area is 132 Å². The summed E-state index contributed by atoms with van der Waals surface area (Å²) in [5.41, 5.74) is 0. The number of piperazine rings is 1. The number of halogens is 1. The fraction of sp³-hybridized carbons (Fsp3) is 0.571. The van der Waals surface area contributed by atoms with E-state index in [1.165, 1.54) is 0 Å². The van der Waals surface area contributed by atoms with Crippen LogP contribution in [0, 0.1) is 0 Å².